The van der Waals surface area contributed by atoms with E-state index in [1.807, 2.05) is 84.1 Å². The Labute approximate surface area is 227 Å². The smallest absolute Gasteiger partial charge is 0.216 e. The van der Waals surface area contributed by atoms with Gasteiger partial charge in [-0.15, -0.1) is 0 Å². The van der Waals surface area contributed by atoms with Crippen molar-refractivity contribution in [3.05, 3.63) is 96.2 Å². The number of para-hydroxylation sites is 2. The van der Waals surface area contributed by atoms with Crippen molar-refractivity contribution in [1.29, 1.82) is 0 Å². The molecule has 0 saturated carbocycles. The molecule has 1 saturated heterocycles. The Balaban J connectivity index is 1.44. The largest absolute Gasteiger partial charge is 0.494 e. The quantitative estimate of drug-likeness (QED) is 0.188. The van der Waals surface area contributed by atoms with Crippen molar-refractivity contribution in [3.63, 3.8) is 0 Å². The minimum Gasteiger partial charge on any atom is -0.494 e. The fourth-order valence-corrected chi connectivity index (χ4v) is 5.21. The number of hydrogen-bond donors (Lipinski definition) is 0. The van der Waals surface area contributed by atoms with Crippen molar-refractivity contribution in [3.8, 4) is 17.0 Å². The lowest BCUT2D eigenvalue weighted by molar-refractivity contribution is 0.0366. The molecule has 0 aliphatic carbocycles. The zero-order chi connectivity index (χ0) is 26.6. The molecular formula is C32H32N4O3. The number of benzene rings is 3. The molecule has 0 unspecified atom stereocenters. The van der Waals surface area contributed by atoms with E-state index in [-0.39, 0.29) is 5.78 Å². The number of rotatable bonds is 9. The first kappa shape index (κ1) is 25.1. The first-order valence-electron chi connectivity index (χ1n) is 13.5. The minimum atomic E-state index is -0.0914. The van der Waals surface area contributed by atoms with E-state index in [0.29, 0.717) is 18.0 Å². The summed E-state index contributed by atoms with van der Waals surface area (Å²) in [5.41, 5.74) is 5.15. The number of morpholine rings is 1. The molecule has 0 spiro atoms. The lowest BCUT2D eigenvalue weighted by Gasteiger charge is -2.26. The summed E-state index contributed by atoms with van der Waals surface area (Å²) in [6, 6.07) is 25.9. The van der Waals surface area contributed by atoms with Crippen LogP contribution < -0.4 is 4.74 Å². The van der Waals surface area contributed by atoms with Crippen LogP contribution in [-0.2, 0) is 11.3 Å². The molecule has 0 amide bonds. The van der Waals surface area contributed by atoms with Crippen molar-refractivity contribution < 1.29 is 14.3 Å². The van der Waals surface area contributed by atoms with Gasteiger partial charge in [0.25, 0.3) is 0 Å². The van der Waals surface area contributed by atoms with Gasteiger partial charge in [-0.25, -0.2) is 4.98 Å². The molecule has 7 nitrogen and oxygen atoms in total. The highest BCUT2D eigenvalue weighted by Crippen LogP contribution is 2.31. The highest BCUT2D eigenvalue weighted by molar-refractivity contribution is 6.11. The third-order valence-corrected chi connectivity index (χ3v) is 7.16. The molecule has 0 N–H and O–H groups in total. The van der Waals surface area contributed by atoms with E-state index in [1.54, 1.807) is 6.08 Å². The van der Waals surface area contributed by atoms with Crippen LogP contribution in [0.15, 0.2) is 84.9 Å². The number of carbonyl (C=O) groups is 1. The fourth-order valence-electron chi connectivity index (χ4n) is 5.21. The summed E-state index contributed by atoms with van der Waals surface area (Å²) in [4.78, 5) is 21.4. The van der Waals surface area contributed by atoms with Gasteiger partial charge in [0.05, 0.1) is 30.9 Å². The molecule has 6 rings (SSSR count). The van der Waals surface area contributed by atoms with Crippen LogP contribution in [0.4, 0.5) is 0 Å². The molecular weight excluding hydrogens is 488 g/mol. The maximum atomic E-state index is 13.9. The number of carbonyl (C=O) groups excluding carboxylic acids is 1. The number of fused-ring (bicyclic) bond motifs is 3. The van der Waals surface area contributed by atoms with Gasteiger partial charge in [0.1, 0.15) is 17.1 Å². The second-order valence-corrected chi connectivity index (χ2v) is 9.60. The van der Waals surface area contributed by atoms with Crippen molar-refractivity contribution in [2.45, 2.75) is 13.5 Å². The summed E-state index contributed by atoms with van der Waals surface area (Å²) >= 11 is 0. The van der Waals surface area contributed by atoms with Gasteiger partial charge in [-0.3, -0.25) is 14.1 Å². The standard InChI is InChI=1S/C32H32N4O3/c1-2-39-26-15-12-24(13-16-26)14-17-29(37)31-30(25-8-4-3-5-9-25)33-32-35(19-18-34-20-22-38-23-21-34)27-10-6-7-11-28(27)36(31)32/h3-17H,2,18-23H2,1H3. The zero-order valence-corrected chi connectivity index (χ0v) is 22.1. The monoisotopic (exact) mass is 520 g/mol. The van der Waals surface area contributed by atoms with Gasteiger partial charge >= 0.3 is 0 Å². The fraction of sp³-hybridized carbons (Fsp3) is 0.250. The van der Waals surface area contributed by atoms with E-state index < -0.39 is 0 Å². The van der Waals surface area contributed by atoms with Crippen LogP contribution in [-0.4, -0.2) is 64.1 Å². The summed E-state index contributed by atoms with van der Waals surface area (Å²) in [5, 5.41) is 0. The van der Waals surface area contributed by atoms with Gasteiger partial charge in [-0.1, -0.05) is 60.7 Å². The molecule has 0 bridgehead atoms. The summed E-state index contributed by atoms with van der Waals surface area (Å²) in [5.74, 6) is 1.50. The first-order chi connectivity index (χ1) is 19.2. The van der Waals surface area contributed by atoms with Crippen LogP contribution in [0, 0.1) is 0 Å². The highest BCUT2D eigenvalue weighted by atomic mass is 16.5. The lowest BCUT2D eigenvalue weighted by Crippen LogP contribution is -2.38. The molecule has 198 valence electrons. The molecule has 0 atom stereocenters. The number of ether oxygens (including phenoxy) is 2. The van der Waals surface area contributed by atoms with E-state index >= 15 is 0 Å². The van der Waals surface area contributed by atoms with Crippen molar-refractivity contribution >= 4 is 28.7 Å². The average Bonchev–Trinajstić information content (AvgIpc) is 3.52. The van der Waals surface area contributed by atoms with Gasteiger partial charge < -0.3 is 14.0 Å². The lowest BCUT2D eigenvalue weighted by atomic mass is 10.1. The number of allylic oxidation sites excluding steroid dienone is 1. The van der Waals surface area contributed by atoms with Crippen molar-refractivity contribution in [1.82, 2.24) is 18.9 Å². The van der Waals surface area contributed by atoms with Crippen molar-refractivity contribution in [2.24, 2.45) is 0 Å². The van der Waals surface area contributed by atoms with E-state index in [4.69, 9.17) is 14.5 Å². The Bertz CT molecular complexity index is 1610. The number of imidazole rings is 2. The predicted molar refractivity (Wildman–Crippen MR) is 154 cm³/mol. The van der Waals surface area contributed by atoms with E-state index in [0.717, 1.165) is 73.1 Å². The maximum absolute atomic E-state index is 13.9. The van der Waals surface area contributed by atoms with Crippen LogP contribution in [0.5, 0.6) is 5.75 Å². The predicted octanol–water partition coefficient (Wildman–Crippen LogP) is 5.58. The summed E-state index contributed by atoms with van der Waals surface area (Å²) in [6.45, 7) is 7.64. The normalized spacial score (nSPS) is 14.5. The molecule has 1 fully saturated rings. The second-order valence-electron chi connectivity index (χ2n) is 9.60. The Morgan fingerprint density at radius 1 is 0.923 bits per heavy atom. The molecule has 5 aromatic rings. The van der Waals surface area contributed by atoms with Gasteiger partial charge in [0, 0.05) is 31.7 Å². The molecule has 0 radical (unpaired) electrons. The van der Waals surface area contributed by atoms with E-state index in [9.17, 15) is 4.79 Å². The summed E-state index contributed by atoms with van der Waals surface area (Å²) in [6.07, 6.45) is 3.50. The van der Waals surface area contributed by atoms with Gasteiger partial charge in [-0.05, 0) is 42.8 Å². The third kappa shape index (κ3) is 5.11. The van der Waals surface area contributed by atoms with Crippen LogP contribution >= 0.6 is 0 Å². The van der Waals surface area contributed by atoms with Crippen molar-refractivity contribution in [2.75, 3.05) is 39.5 Å². The number of aromatic nitrogens is 3. The van der Waals surface area contributed by atoms with Crippen LogP contribution in [0.1, 0.15) is 23.0 Å². The topological polar surface area (TPSA) is 61.0 Å². The third-order valence-electron chi connectivity index (χ3n) is 7.16. The molecule has 39 heavy (non-hydrogen) atoms. The van der Waals surface area contributed by atoms with E-state index in [2.05, 4.69) is 21.6 Å². The summed E-state index contributed by atoms with van der Waals surface area (Å²) in [7, 11) is 0. The Hall–Kier alpha value is -4.20. The Kier molecular flexibility index (Phi) is 7.25. The molecule has 1 aliphatic heterocycles. The first-order valence-corrected chi connectivity index (χ1v) is 13.5. The molecule has 3 aromatic carbocycles. The molecule has 1 aliphatic rings. The van der Waals surface area contributed by atoms with Gasteiger partial charge in [0.2, 0.25) is 11.6 Å². The molecule has 7 heteroatoms. The van der Waals surface area contributed by atoms with Gasteiger partial charge in [-0.2, -0.15) is 0 Å². The average molecular weight is 521 g/mol. The Morgan fingerprint density at radius 2 is 1.64 bits per heavy atom. The van der Waals surface area contributed by atoms with E-state index in [1.165, 1.54) is 0 Å². The summed E-state index contributed by atoms with van der Waals surface area (Å²) < 4.78 is 15.3. The zero-order valence-electron chi connectivity index (χ0n) is 22.1. The molecule has 2 aromatic heterocycles. The van der Waals surface area contributed by atoms with Gasteiger partial charge in [0.15, 0.2) is 0 Å². The maximum Gasteiger partial charge on any atom is 0.216 e. The van der Waals surface area contributed by atoms with Crippen LogP contribution in [0.25, 0.3) is 34.1 Å². The highest BCUT2D eigenvalue weighted by Gasteiger charge is 2.25. The Morgan fingerprint density at radius 3 is 2.38 bits per heavy atom. The SMILES string of the molecule is CCOc1ccc(C=CC(=O)c2c(-c3ccccc3)nc3n(CCN4CCOCC4)c4ccccc4n23)cc1. The van der Waals surface area contributed by atoms with Crippen LogP contribution in [0.3, 0.4) is 0 Å². The molecule has 3 heterocycles. The van der Waals surface area contributed by atoms with Crippen LogP contribution in [0.2, 0.25) is 0 Å². The number of ketones is 1. The number of nitrogens with zero attached hydrogens (tertiary/aromatic N) is 4. The minimum absolute atomic E-state index is 0.0914. The number of hydrogen-bond acceptors (Lipinski definition) is 5. The second kappa shape index (κ2) is 11.3.